The topological polar surface area (TPSA) is 22.8 Å². The largest absolute Gasteiger partial charge is 0.309 e. The Bertz CT molecular complexity index is 1840. The molecule has 0 unspecified atom stereocenters. The van der Waals surface area contributed by atoms with E-state index in [4.69, 9.17) is 12.8 Å². The quantitative estimate of drug-likeness (QED) is 0.282. The van der Waals surface area contributed by atoms with Gasteiger partial charge in [-0.2, -0.15) is 0 Å². The van der Waals surface area contributed by atoms with E-state index in [-0.39, 0.29) is 0 Å². The lowest BCUT2D eigenvalue weighted by Gasteiger charge is -2.12. The van der Waals surface area contributed by atoms with Crippen LogP contribution in [0.1, 0.15) is 0 Å². The number of hydrogen-bond donors (Lipinski definition) is 0. The summed E-state index contributed by atoms with van der Waals surface area (Å²) in [6.07, 6.45) is 0. The maximum absolute atomic E-state index is 6.18. The highest BCUT2D eigenvalue weighted by atomic mass is 15.1. The van der Waals surface area contributed by atoms with Crippen LogP contribution in [0.15, 0.2) is 121 Å². The van der Waals surface area contributed by atoms with Crippen molar-refractivity contribution in [1.82, 2.24) is 14.1 Å². The van der Waals surface area contributed by atoms with Crippen LogP contribution >= 0.6 is 0 Å². The predicted octanol–water partition coefficient (Wildman–Crippen LogP) is 6.58. The molecule has 35 heavy (non-hydrogen) atoms. The molecule has 0 saturated carbocycles. The maximum Gasteiger partial charge on any atom is 0.145 e. The molecule has 0 amide bonds. The number of hydrogen-bond acceptors (Lipinski definition) is 1. The van der Waals surface area contributed by atoms with Gasteiger partial charge in [0.05, 0.1) is 22.1 Å². The van der Waals surface area contributed by atoms with E-state index >= 15 is 0 Å². The molecule has 2 heterocycles. The third kappa shape index (κ3) is 3.11. The summed E-state index contributed by atoms with van der Waals surface area (Å²) in [4.78, 5) is 5.00. The zero-order chi connectivity index (χ0) is 23.4. The molecule has 2 radical (unpaired) electrons. The van der Waals surface area contributed by atoms with Gasteiger partial charge >= 0.3 is 0 Å². The van der Waals surface area contributed by atoms with Crippen LogP contribution < -0.4 is 5.46 Å². The third-order valence-electron chi connectivity index (χ3n) is 6.66. The Labute approximate surface area is 204 Å². The fourth-order valence-corrected chi connectivity index (χ4v) is 5.08. The summed E-state index contributed by atoms with van der Waals surface area (Å²) in [5, 5.41) is 2.42. The highest BCUT2D eigenvalue weighted by Gasteiger charge is 2.15. The molecular weight excluding hydrogens is 425 g/mol. The normalized spacial score (nSPS) is 11.5. The average molecular weight is 445 g/mol. The van der Waals surface area contributed by atoms with Gasteiger partial charge in [0.2, 0.25) is 0 Å². The van der Waals surface area contributed by atoms with Crippen molar-refractivity contribution >= 4 is 46.1 Å². The smallest absolute Gasteiger partial charge is 0.145 e. The van der Waals surface area contributed by atoms with E-state index in [0.717, 1.165) is 50.3 Å². The SMILES string of the molecule is [B]c1ccc2c3ccccc3n(-c3ccc(-c4nc5ccccc5n4-c4ccccc4)cc3)c2c1. The molecule has 0 saturated heterocycles. The minimum absolute atomic E-state index is 0.759. The van der Waals surface area contributed by atoms with E-state index in [1.54, 1.807) is 0 Å². The summed E-state index contributed by atoms with van der Waals surface area (Å²) in [6.45, 7) is 0. The standard InChI is InChI=1S/C31H20BN3/c32-22-16-19-26-25-10-4-6-12-28(25)34(30(26)20-22)24-17-14-21(15-18-24)31-33-27-11-5-7-13-29(27)35(31)23-8-2-1-3-9-23/h1-20H. The molecule has 0 N–H and O–H groups in total. The second kappa shape index (κ2) is 7.74. The number of rotatable bonds is 3. The molecule has 0 aliphatic rings. The van der Waals surface area contributed by atoms with E-state index in [9.17, 15) is 0 Å². The fourth-order valence-electron chi connectivity index (χ4n) is 5.08. The zero-order valence-corrected chi connectivity index (χ0v) is 19.0. The summed E-state index contributed by atoms with van der Waals surface area (Å²) in [6, 6.07) is 41.9. The maximum atomic E-state index is 6.18. The van der Waals surface area contributed by atoms with Crippen molar-refractivity contribution < 1.29 is 0 Å². The second-order valence-corrected chi connectivity index (χ2v) is 8.77. The Morgan fingerprint density at radius 2 is 1.17 bits per heavy atom. The monoisotopic (exact) mass is 445 g/mol. The first-order chi connectivity index (χ1) is 17.3. The third-order valence-corrected chi connectivity index (χ3v) is 6.66. The van der Waals surface area contributed by atoms with Gasteiger partial charge in [-0.15, -0.1) is 0 Å². The Morgan fingerprint density at radius 3 is 2.00 bits per heavy atom. The highest BCUT2D eigenvalue weighted by Crippen LogP contribution is 2.33. The van der Waals surface area contributed by atoms with Crippen molar-refractivity contribution in [2.75, 3.05) is 0 Å². The van der Waals surface area contributed by atoms with Crippen LogP contribution in [0.4, 0.5) is 0 Å². The Morgan fingerprint density at radius 1 is 0.514 bits per heavy atom. The molecule has 7 rings (SSSR count). The van der Waals surface area contributed by atoms with Crippen molar-refractivity contribution in [3.63, 3.8) is 0 Å². The molecule has 7 aromatic rings. The van der Waals surface area contributed by atoms with Gasteiger partial charge in [-0.1, -0.05) is 66.1 Å². The summed E-state index contributed by atoms with van der Waals surface area (Å²) in [5.74, 6) is 0.926. The van der Waals surface area contributed by atoms with Crippen LogP contribution in [0.5, 0.6) is 0 Å². The minimum Gasteiger partial charge on any atom is -0.309 e. The van der Waals surface area contributed by atoms with Crippen LogP contribution in [0.3, 0.4) is 0 Å². The van der Waals surface area contributed by atoms with Crippen molar-refractivity contribution in [1.29, 1.82) is 0 Å². The van der Waals surface area contributed by atoms with Gasteiger partial charge < -0.3 is 4.57 Å². The molecule has 3 nitrogen and oxygen atoms in total. The lowest BCUT2D eigenvalue weighted by atomic mass is 9.95. The number of fused-ring (bicyclic) bond motifs is 4. The highest BCUT2D eigenvalue weighted by molar-refractivity contribution is 6.33. The number of imidazole rings is 1. The van der Waals surface area contributed by atoms with E-state index in [1.165, 1.54) is 10.8 Å². The van der Waals surface area contributed by atoms with Crippen LogP contribution in [-0.4, -0.2) is 22.0 Å². The molecule has 0 fully saturated rings. The molecule has 2 aromatic heterocycles. The summed E-state index contributed by atoms with van der Waals surface area (Å²) in [7, 11) is 6.18. The first-order valence-corrected chi connectivity index (χ1v) is 11.7. The number of benzene rings is 5. The zero-order valence-electron chi connectivity index (χ0n) is 19.0. The van der Waals surface area contributed by atoms with Gasteiger partial charge in [0.25, 0.3) is 0 Å². The van der Waals surface area contributed by atoms with Crippen LogP contribution in [0.2, 0.25) is 0 Å². The van der Waals surface area contributed by atoms with Gasteiger partial charge in [-0.05, 0) is 60.7 Å². The lowest BCUT2D eigenvalue weighted by Crippen LogP contribution is -2.02. The minimum atomic E-state index is 0.759. The van der Waals surface area contributed by atoms with E-state index in [2.05, 4.69) is 112 Å². The molecule has 0 atom stereocenters. The molecule has 5 aromatic carbocycles. The molecule has 0 aliphatic carbocycles. The summed E-state index contributed by atoms with van der Waals surface area (Å²) < 4.78 is 4.51. The number of aromatic nitrogens is 3. The number of para-hydroxylation sites is 4. The Kier molecular flexibility index (Phi) is 4.40. The van der Waals surface area contributed by atoms with Gasteiger partial charge in [0, 0.05) is 27.7 Å². The predicted molar refractivity (Wildman–Crippen MR) is 146 cm³/mol. The van der Waals surface area contributed by atoms with Gasteiger partial charge in [-0.3, -0.25) is 4.57 Å². The first-order valence-electron chi connectivity index (χ1n) is 11.7. The van der Waals surface area contributed by atoms with E-state index in [1.807, 2.05) is 18.2 Å². The van der Waals surface area contributed by atoms with Gasteiger partial charge in [0.1, 0.15) is 13.7 Å². The molecular formula is C31H20BN3. The van der Waals surface area contributed by atoms with Gasteiger partial charge in [-0.25, -0.2) is 4.98 Å². The van der Waals surface area contributed by atoms with Crippen molar-refractivity contribution in [2.24, 2.45) is 0 Å². The molecule has 0 aliphatic heterocycles. The van der Waals surface area contributed by atoms with Crippen LogP contribution in [0.25, 0.3) is 55.6 Å². The Hall–Kier alpha value is -4.57. The molecule has 4 heteroatoms. The fraction of sp³-hybridized carbons (Fsp3) is 0. The van der Waals surface area contributed by atoms with Gasteiger partial charge in [0.15, 0.2) is 0 Å². The Balaban J connectivity index is 1.43. The summed E-state index contributed by atoms with van der Waals surface area (Å²) >= 11 is 0. The summed E-state index contributed by atoms with van der Waals surface area (Å²) in [5.41, 5.74) is 8.35. The van der Waals surface area contributed by atoms with Crippen LogP contribution in [-0.2, 0) is 0 Å². The van der Waals surface area contributed by atoms with Crippen molar-refractivity contribution in [3.05, 3.63) is 121 Å². The lowest BCUT2D eigenvalue weighted by molar-refractivity contribution is 1.10. The first kappa shape index (κ1) is 19.9. The molecule has 162 valence electrons. The average Bonchev–Trinajstić information content (AvgIpc) is 3.45. The van der Waals surface area contributed by atoms with Crippen molar-refractivity contribution in [3.8, 4) is 22.8 Å². The van der Waals surface area contributed by atoms with E-state index < -0.39 is 0 Å². The molecule has 0 bridgehead atoms. The number of nitrogens with zero attached hydrogens (tertiary/aromatic N) is 3. The molecule has 0 spiro atoms. The van der Waals surface area contributed by atoms with E-state index in [0.29, 0.717) is 0 Å². The van der Waals surface area contributed by atoms with Crippen LogP contribution in [0, 0.1) is 0 Å². The van der Waals surface area contributed by atoms with Crippen molar-refractivity contribution in [2.45, 2.75) is 0 Å². The second-order valence-electron chi connectivity index (χ2n) is 8.77.